The summed E-state index contributed by atoms with van der Waals surface area (Å²) >= 11 is 12.5. The van der Waals surface area contributed by atoms with Gasteiger partial charge in [0, 0.05) is 35.5 Å². The number of hydrogen-bond donors (Lipinski definition) is 1. The molecule has 4 rings (SSSR count). The minimum atomic E-state index is -4.43. The van der Waals surface area contributed by atoms with Crippen molar-refractivity contribution in [3.63, 3.8) is 0 Å². The van der Waals surface area contributed by atoms with Crippen molar-refractivity contribution in [3.05, 3.63) is 87.9 Å². The second-order valence-corrected chi connectivity index (χ2v) is 9.23. The van der Waals surface area contributed by atoms with E-state index in [1.807, 2.05) is 0 Å². The SMILES string of the molecule is O=C(NC(Cl)Cc1ccc(C(F)(F)F)cc1)c1ccc(Oc2cc3c(cc2Cl)C(C(=O)[O-])CCO3)cc1.[Na+]. The Morgan fingerprint density at radius 1 is 1.11 bits per heavy atom. The molecule has 0 radical (unpaired) electrons. The quantitative estimate of drug-likeness (QED) is 0.265. The van der Waals surface area contributed by atoms with Crippen LogP contribution >= 0.6 is 23.2 Å². The van der Waals surface area contributed by atoms with Crippen LogP contribution in [0.1, 0.15) is 39.4 Å². The van der Waals surface area contributed by atoms with Gasteiger partial charge in [-0.3, -0.25) is 4.79 Å². The molecule has 12 heteroatoms. The predicted octanol–water partition coefficient (Wildman–Crippen LogP) is 2.31. The number of hydrogen-bond acceptors (Lipinski definition) is 5. The Labute approximate surface area is 248 Å². The number of nitrogens with one attached hydrogen (secondary N) is 1. The van der Waals surface area contributed by atoms with E-state index in [9.17, 15) is 27.9 Å². The van der Waals surface area contributed by atoms with Gasteiger partial charge in [-0.05, 0) is 54.4 Å². The summed E-state index contributed by atoms with van der Waals surface area (Å²) in [5.74, 6) is -1.56. The van der Waals surface area contributed by atoms with Crippen LogP contribution in [-0.2, 0) is 17.4 Å². The van der Waals surface area contributed by atoms with Crippen LogP contribution in [0.3, 0.4) is 0 Å². The Morgan fingerprint density at radius 2 is 1.76 bits per heavy atom. The average molecular weight is 576 g/mol. The van der Waals surface area contributed by atoms with Crippen molar-refractivity contribution in [1.82, 2.24) is 5.32 Å². The van der Waals surface area contributed by atoms with Crippen LogP contribution in [0.5, 0.6) is 17.2 Å². The molecule has 0 aromatic heterocycles. The summed E-state index contributed by atoms with van der Waals surface area (Å²) < 4.78 is 49.4. The molecule has 2 unspecified atom stereocenters. The Bertz CT molecular complexity index is 1300. The van der Waals surface area contributed by atoms with E-state index in [4.69, 9.17) is 32.7 Å². The Kier molecular flexibility index (Phi) is 10.00. The predicted molar refractivity (Wildman–Crippen MR) is 128 cm³/mol. The minimum Gasteiger partial charge on any atom is -0.549 e. The first kappa shape index (κ1) is 30.1. The molecule has 0 bridgehead atoms. The van der Waals surface area contributed by atoms with Crippen LogP contribution < -0.4 is 49.5 Å². The van der Waals surface area contributed by atoms with Crippen LogP contribution in [0.2, 0.25) is 5.02 Å². The number of carboxylic acid groups (broad SMARTS) is 1. The standard InChI is InChI=1S/C26H20Cl2F3NO5.Na/c27-20-12-19-18(25(34)35)9-10-36-21(19)13-22(20)37-17-7-3-15(4-8-17)24(33)32-23(28)11-14-1-5-16(6-2-14)26(29,30)31;/h1-8,12-13,18,23H,9-11H2,(H,32,33)(H,34,35);/q;+1/p-1. The smallest absolute Gasteiger partial charge is 0.549 e. The fourth-order valence-electron chi connectivity index (χ4n) is 3.83. The Hall–Kier alpha value is -2.43. The third kappa shape index (κ3) is 7.36. The van der Waals surface area contributed by atoms with E-state index in [-0.39, 0.29) is 65.3 Å². The zero-order valence-electron chi connectivity index (χ0n) is 20.0. The molecule has 1 aliphatic rings. The Balaban J connectivity index is 0.00000400. The van der Waals surface area contributed by atoms with Gasteiger partial charge in [0.1, 0.15) is 22.7 Å². The molecule has 3 aromatic rings. The molecule has 0 aliphatic carbocycles. The summed E-state index contributed by atoms with van der Waals surface area (Å²) in [5, 5.41) is 14.1. The van der Waals surface area contributed by atoms with Gasteiger partial charge in [-0.2, -0.15) is 13.2 Å². The molecule has 0 saturated carbocycles. The van der Waals surface area contributed by atoms with E-state index in [0.717, 1.165) is 12.1 Å². The van der Waals surface area contributed by atoms with Gasteiger partial charge in [0.2, 0.25) is 0 Å². The Morgan fingerprint density at radius 3 is 2.37 bits per heavy atom. The summed E-state index contributed by atoms with van der Waals surface area (Å²) in [5.41, 5.74) is -0.377. The van der Waals surface area contributed by atoms with E-state index < -0.39 is 35.0 Å². The van der Waals surface area contributed by atoms with Crippen molar-refractivity contribution in [2.45, 2.75) is 30.4 Å². The van der Waals surface area contributed by atoms with Gasteiger partial charge in [-0.25, -0.2) is 0 Å². The molecule has 2 atom stereocenters. The molecule has 1 amide bonds. The molecule has 1 aliphatic heterocycles. The van der Waals surface area contributed by atoms with E-state index in [1.54, 1.807) is 0 Å². The molecule has 3 aromatic carbocycles. The zero-order valence-corrected chi connectivity index (χ0v) is 23.5. The van der Waals surface area contributed by atoms with Crippen LogP contribution in [0, 0.1) is 0 Å². The summed E-state index contributed by atoms with van der Waals surface area (Å²) in [6.45, 7) is 0.219. The van der Waals surface area contributed by atoms with Gasteiger partial charge in [-0.1, -0.05) is 35.3 Å². The van der Waals surface area contributed by atoms with Gasteiger partial charge >= 0.3 is 35.7 Å². The fraction of sp³-hybridized carbons (Fsp3) is 0.231. The van der Waals surface area contributed by atoms with Gasteiger partial charge < -0.3 is 24.7 Å². The van der Waals surface area contributed by atoms with Crippen molar-refractivity contribution >= 4 is 35.1 Å². The summed E-state index contributed by atoms with van der Waals surface area (Å²) in [7, 11) is 0. The molecule has 0 saturated heterocycles. The molecule has 1 heterocycles. The van der Waals surface area contributed by atoms with Gasteiger partial charge in [-0.15, -0.1) is 0 Å². The molecule has 194 valence electrons. The number of alkyl halides is 4. The maximum atomic E-state index is 12.7. The fourth-order valence-corrected chi connectivity index (χ4v) is 4.32. The van der Waals surface area contributed by atoms with Crippen molar-refractivity contribution in [2.75, 3.05) is 6.61 Å². The minimum absolute atomic E-state index is 0. The molecule has 38 heavy (non-hydrogen) atoms. The maximum Gasteiger partial charge on any atom is 1.00 e. The van der Waals surface area contributed by atoms with E-state index in [2.05, 4.69) is 5.32 Å². The van der Waals surface area contributed by atoms with Crippen LogP contribution in [0.15, 0.2) is 60.7 Å². The largest absolute Gasteiger partial charge is 1.00 e. The van der Waals surface area contributed by atoms with E-state index in [1.165, 1.54) is 48.5 Å². The molecular formula is C26H19Cl2F3NNaO5. The number of carbonyl (C=O) groups is 2. The van der Waals surface area contributed by atoms with Crippen LogP contribution in [0.25, 0.3) is 0 Å². The number of carbonyl (C=O) groups excluding carboxylic acids is 2. The van der Waals surface area contributed by atoms with Crippen LogP contribution in [-0.4, -0.2) is 24.0 Å². The second-order valence-electron chi connectivity index (χ2n) is 8.30. The number of amides is 1. The van der Waals surface area contributed by atoms with Crippen molar-refractivity contribution in [2.24, 2.45) is 0 Å². The van der Waals surface area contributed by atoms with Gasteiger partial charge in [0.25, 0.3) is 5.91 Å². The summed E-state index contributed by atoms with van der Waals surface area (Å²) in [6.07, 6.45) is -4.02. The maximum absolute atomic E-state index is 12.7. The zero-order chi connectivity index (χ0) is 26.7. The van der Waals surface area contributed by atoms with Crippen LogP contribution in [0.4, 0.5) is 13.2 Å². The number of aliphatic carboxylic acids is 1. The first-order chi connectivity index (χ1) is 17.5. The third-order valence-electron chi connectivity index (χ3n) is 5.72. The number of benzene rings is 3. The third-order valence-corrected chi connectivity index (χ3v) is 6.28. The number of ether oxygens (including phenoxy) is 2. The molecule has 0 spiro atoms. The van der Waals surface area contributed by atoms with Gasteiger partial charge in [0.05, 0.1) is 17.2 Å². The summed E-state index contributed by atoms with van der Waals surface area (Å²) in [4.78, 5) is 23.9. The monoisotopic (exact) mass is 575 g/mol. The topological polar surface area (TPSA) is 87.7 Å². The number of halogens is 5. The molecule has 6 nitrogen and oxygen atoms in total. The average Bonchev–Trinajstić information content (AvgIpc) is 2.84. The van der Waals surface area contributed by atoms with Crippen molar-refractivity contribution in [1.29, 1.82) is 0 Å². The normalized spacial score (nSPS) is 15.3. The number of carboxylic acids is 1. The molecular weight excluding hydrogens is 557 g/mol. The first-order valence-electron chi connectivity index (χ1n) is 11.1. The summed E-state index contributed by atoms with van der Waals surface area (Å²) in [6, 6.07) is 13.6. The second kappa shape index (κ2) is 12.6. The van der Waals surface area contributed by atoms with Crippen molar-refractivity contribution in [3.8, 4) is 17.2 Å². The molecule has 0 fully saturated rings. The van der Waals surface area contributed by atoms with E-state index in [0.29, 0.717) is 22.6 Å². The molecule has 1 N–H and O–H groups in total. The first-order valence-corrected chi connectivity index (χ1v) is 11.9. The van der Waals surface area contributed by atoms with E-state index >= 15 is 0 Å². The number of fused-ring (bicyclic) bond motifs is 1. The van der Waals surface area contributed by atoms with Crippen molar-refractivity contribution < 1.29 is 66.9 Å². The van der Waals surface area contributed by atoms with Gasteiger partial charge in [0.15, 0.2) is 0 Å². The number of rotatable bonds is 7.